The van der Waals surface area contributed by atoms with Crippen LogP contribution in [0.15, 0.2) is 54.1 Å². The number of aliphatic imine (C=N–C) groups is 1. The van der Waals surface area contributed by atoms with Crippen molar-refractivity contribution in [2.75, 3.05) is 17.6 Å². The topological polar surface area (TPSA) is 161 Å². The van der Waals surface area contributed by atoms with Gasteiger partial charge in [-0.05, 0) is 24.6 Å². The van der Waals surface area contributed by atoms with Gasteiger partial charge in [0.25, 0.3) is 0 Å². The van der Waals surface area contributed by atoms with Gasteiger partial charge in [0.05, 0.1) is 16.2 Å². The molecular weight excluding hydrogens is 374 g/mol. The van der Waals surface area contributed by atoms with E-state index in [9.17, 15) is 10.1 Å². The number of anilines is 2. The van der Waals surface area contributed by atoms with Crippen molar-refractivity contribution in [3.63, 3.8) is 0 Å². The average Bonchev–Trinajstić information content (AvgIpc) is 3.41. The quantitative estimate of drug-likeness (QED) is 0.407. The van der Waals surface area contributed by atoms with Crippen LogP contribution in [-0.4, -0.2) is 42.6 Å². The van der Waals surface area contributed by atoms with Crippen LogP contribution in [0.25, 0.3) is 11.4 Å². The van der Waals surface area contributed by atoms with Crippen molar-refractivity contribution in [3.8, 4) is 11.4 Å². The Morgan fingerprint density at radius 2 is 2.07 bits per heavy atom. The molecule has 146 valence electrons. The summed E-state index contributed by atoms with van der Waals surface area (Å²) in [5, 5.41) is 14.1. The fourth-order valence-electron chi connectivity index (χ4n) is 3.04. The fraction of sp³-hybridized carbons (Fsp3) is 0.167. The number of pyridine rings is 1. The Balaban J connectivity index is 1.46. The Morgan fingerprint density at radius 1 is 1.24 bits per heavy atom. The molecule has 0 fully saturated rings. The van der Waals surface area contributed by atoms with E-state index in [-0.39, 0.29) is 11.5 Å². The summed E-state index contributed by atoms with van der Waals surface area (Å²) in [7, 11) is 0. The summed E-state index contributed by atoms with van der Waals surface area (Å²) in [6.07, 6.45) is 12.7. The molecule has 3 aromatic rings. The third kappa shape index (κ3) is 3.65. The maximum absolute atomic E-state index is 11.0. The van der Waals surface area contributed by atoms with Crippen molar-refractivity contribution in [2.24, 2.45) is 4.99 Å². The van der Waals surface area contributed by atoms with Crippen LogP contribution in [0.5, 0.6) is 0 Å². The Bertz CT molecular complexity index is 1060. The number of nitrogens with one attached hydrogen (secondary N) is 2. The molecule has 1 unspecified atom stereocenters. The number of rotatable bonds is 7. The maximum atomic E-state index is 11.0. The average molecular weight is 391 g/mol. The largest absolute Gasteiger partial charge is 0.378 e. The van der Waals surface area contributed by atoms with Gasteiger partial charge in [0.1, 0.15) is 11.4 Å². The first-order valence-corrected chi connectivity index (χ1v) is 8.77. The van der Waals surface area contributed by atoms with Crippen molar-refractivity contribution in [3.05, 3.63) is 64.9 Å². The molecule has 4 rings (SSSR count). The molecule has 0 spiro atoms. The van der Waals surface area contributed by atoms with E-state index in [1.807, 2.05) is 12.2 Å². The summed E-state index contributed by atoms with van der Waals surface area (Å²) in [6.45, 7) is 0.500. The van der Waals surface area contributed by atoms with Crippen molar-refractivity contribution < 1.29 is 4.92 Å². The van der Waals surface area contributed by atoms with Crippen molar-refractivity contribution in [2.45, 2.75) is 12.0 Å². The number of hydrogen-bond donors (Lipinski definition) is 3. The molecule has 4 heterocycles. The van der Waals surface area contributed by atoms with E-state index in [2.05, 4.69) is 35.2 Å². The van der Waals surface area contributed by atoms with Crippen LogP contribution in [0, 0.1) is 10.1 Å². The summed E-state index contributed by atoms with van der Waals surface area (Å²) < 4.78 is 0. The Hall–Kier alpha value is -4.15. The van der Waals surface area contributed by atoms with Gasteiger partial charge in [0.15, 0.2) is 0 Å². The first kappa shape index (κ1) is 18.2. The van der Waals surface area contributed by atoms with Gasteiger partial charge in [-0.3, -0.25) is 15.1 Å². The summed E-state index contributed by atoms with van der Waals surface area (Å²) in [4.78, 5) is 34.9. The number of nitrogens with zero attached hydrogens (tertiary/aromatic N) is 6. The molecule has 4 N–H and O–H groups in total. The first-order valence-electron chi connectivity index (χ1n) is 8.77. The molecule has 1 atom stereocenters. The monoisotopic (exact) mass is 391 g/mol. The second kappa shape index (κ2) is 7.46. The standard InChI is InChI=1S/C18H17N9O2/c19-15-13(27(28)29)2-3-14(26-15)18(4-1-6-25-18)5-7-22-17-23-10-12(11-24-17)16-20-8-9-21-16/h1-4,6,8-11H,5,7H2,(H2,19,26)(H,20,21)(H,22,23,24). The molecule has 11 nitrogen and oxygen atoms in total. The van der Waals surface area contributed by atoms with Crippen LogP contribution in [0.4, 0.5) is 17.5 Å². The SMILES string of the molecule is Nc1nc(C2(CCNc3ncc(-c4ncc[nH]4)cn3)C=CC=N2)ccc1[N+](=O)[O-]. The minimum Gasteiger partial charge on any atom is -0.378 e. The zero-order valence-corrected chi connectivity index (χ0v) is 15.2. The van der Waals surface area contributed by atoms with Gasteiger partial charge in [-0.15, -0.1) is 0 Å². The van der Waals surface area contributed by atoms with Crippen molar-refractivity contribution in [1.82, 2.24) is 24.9 Å². The summed E-state index contributed by atoms with van der Waals surface area (Å²) in [5.41, 5.74) is 6.11. The number of imidazole rings is 1. The maximum Gasteiger partial charge on any atom is 0.311 e. The van der Waals surface area contributed by atoms with Crippen molar-refractivity contribution >= 4 is 23.7 Å². The molecule has 0 saturated carbocycles. The number of nitrogens with two attached hydrogens (primary N) is 1. The molecule has 11 heteroatoms. The first-order chi connectivity index (χ1) is 14.1. The predicted octanol–water partition coefficient (Wildman–Crippen LogP) is 2.09. The third-order valence-corrected chi connectivity index (χ3v) is 4.52. The summed E-state index contributed by atoms with van der Waals surface area (Å²) >= 11 is 0. The highest BCUT2D eigenvalue weighted by molar-refractivity contribution is 5.75. The number of nitrogen functional groups attached to an aromatic ring is 1. The summed E-state index contributed by atoms with van der Waals surface area (Å²) in [6, 6.07) is 2.93. The Morgan fingerprint density at radius 3 is 2.69 bits per heavy atom. The van der Waals surface area contributed by atoms with E-state index >= 15 is 0 Å². The highest BCUT2D eigenvalue weighted by Gasteiger charge is 2.32. The zero-order valence-electron chi connectivity index (χ0n) is 15.2. The van der Waals surface area contributed by atoms with Crippen LogP contribution in [0.1, 0.15) is 12.1 Å². The molecule has 3 aromatic heterocycles. The van der Waals surface area contributed by atoms with Gasteiger partial charge >= 0.3 is 5.69 Å². The minimum absolute atomic E-state index is 0.132. The third-order valence-electron chi connectivity index (χ3n) is 4.52. The van der Waals surface area contributed by atoms with Crippen LogP contribution < -0.4 is 11.1 Å². The second-order valence-electron chi connectivity index (χ2n) is 6.33. The molecule has 1 aliphatic heterocycles. The van der Waals surface area contributed by atoms with E-state index < -0.39 is 10.5 Å². The highest BCUT2D eigenvalue weighted by atomic mass is 16.6. The lowest BCUT2D eigenvalue weighted by molar-refractivity contribution is -0.384. The van der Waals surface area contributed by atoms with E-state index in [1.165, 1.54) is 6.07 Å². The van der Waals surface area contributed by atoms with Gasteiger partial charge in [-0.2, -0.15) is 0 Å². The number of aromatic amines is 1. The number of nitro groups is 1. The van der Waals surface area contributed by atoms with E-state index in [0.29, 0.717) is 30.4 Å². The van der Waals surface area contributed by atoms with Gasteiger partial charge in [-0.1, -0.05) is 0 Å². The smallest absolute Gasteiger partial charge is 0.311 e. The molecule has 0 aromatic carbocycles. The molecule has 0 saturated heterocycles. The number of hydrogen-bond acceptors (Lipinski definition) is 9. The number of H-pyrrole nitrogens is 1. The van der Waals surface area contributed by atoms with Gasteiger partial charge in [-0.25, -0.2) is 19.9 Å². The van der Waals surface area contributed by atoms with E-state index in [4.69, 9.17) is 5.73 Å². The lowest BCUT2D eigenvalue weighted by atomic mass is 9.91. The molecule has 0 amide bonds. The van der Waals surface area contributed by atoms with Crippen LogP contribution in [0.2, 0.25) is 0 Å². The van der Waals surface area contributed by atoms with E-state index in [1.54, 1.807) is 37.1 Å². The molecule has 0 aliphatic carbocycles. The lowest BCUT2D eigenvalue weighted by Crippen LogP contribution is -2.25. The van der Waals surface area contributed by atoms with Crippen LogP contribution in [-0.2, 0) is 5.54 Å². The fourth-order valence-corrected chi connectivity index (χ4v) is 3.04. The highest BCUT2D eigenvalue weighted by Crippen LogP contribution is 2.34. The molecular formula is C18H17N9O2. The second-order valence-corrected chi connectivity index (χ2v) is 6.33. The minimum atomic E-state index is -0.746. The lowest BCUT2D eigenvalue weighted by Gasteiger charge is -2.24. The van der Waals surface area contributed by atoms with E-state index in [0.717, 1.165) is 5.56 Å². The van der Waals surface area contributed by atoms with Crippen LogP contribution >= 0.6 is 0 Å². The number of aromatic nitrogens is 5. The number of allylic oxidation sites excluding steroid dienone is 1. The zero-order chi connectivity index (χ0) is 20.3. The van der Waals surface area contributed by atoms with Gasteiger partial charge in [0.2, 0.25) is 11.8 Å². The predicted molar refractivity (Wildman–Crippen MR) is 107 cm³/mol. The molecule has 0 radical (unpaired) electrons. The molecule has 29 heavy (non-hydrogen) atoms. The van der Waals surface area contributed by atoms with Crippen LogP contribution in [0.3, 0.4) is 0 Å². The Kier molecular flexibility index (Phi) is 4.69. The molecule has 0 bridgehead atoms. The molecule has 1 aliphatic rings. The van der Waals surface area contributed by atoms with Crippen molar-refractivity contribution in [1.29, 1.82) is 0 Å². The van der Waals surface area contributed by atoms with Gasteiger partial charge < -0.3 is 16.0 Å². The normalized spacial score (nSPS) is 17.5. The van der Waals surface area contributed by atoms with Gasteiger partial charge in [0, 0.05) is 43.6 Å². The summed E-state index contributed by atoms with van der Waals surface area (Å²) in [5.74, 6) is 1.03. The Labute approximate surface area is 165 Å².